The Morgan fingerprint density at radius 3 is 2.64 bits per heavy atom. The molecular weight excluding hydrogens is 176 g/mol. The Hall–Kier alpha value is -0.120. The Morgan fingerprint density at radius 2 is 2.00 bits per heavy atom. The molecule has 0 aromatic carbocycles. The molecule has 2 rings (SSSR count). The molecule has 0 amide bonds. The number of ether oxygens (including phenoxy) is 1. The number of hydrogen-bond acceptors (Lipinski definition) is 3. The molecule has 0 spiro atoms. The van der Waals surface area contributed by atoms with E-state index >= 15 is 0 Å². The molecule has 0 aromatic heterocycles. The summed E-state index contributed by atoms with van der Waals surface area (Å²) >= 11 is 0. The minimum absolute atomic E-state index is 0.776. The van der Waals surface area contributed by atoms with E-state index < -0.39 is 0 Å². The molecule has 2 saturated heterocycles. The lowest BCUT2D eigenvalue weighted by Crippen LogP contribution is -2.40. The summed E-state index contributed by atoms with van der Waals surface area (Å²) < 4.78 is 5.20. The van der Waals surface area contributed by atoms with Crippen LogP contribution in [0.4, 0.5) is 0 Å². The fourth-order valence-electron chi connectivity index (χ4n) is 2.40. The van der Waals surface area contributed by atoms with Gasteiger partial charge in [-0.3, -0.25) is 0 Å². The maximum atomic E-state index is 5.72. The van der Waals surface area contributed by atoms with Gasteiger partial charge in [-0.2, -0.15) is 0 Å². The van der Waals surface area contributed by atoms with Crippen LogP contribution >= 0.6 is 0 Å². The van der Waals surface area contributed by atoms with Gasteiger partial charge in [0, 0.05) is 12.5 Å². The van der Waals surface area contributed by atoms with Gasteiger partial charge in [0.15, 0.2) is 0 Å². The van der Waals surface area contributed by atoms with Crippen LogP contribution in [0.3, 0.4) is 0 Å². The van der Waals surface area contributed by atoms with E-state index in [0.717, 1.165) is 31.6 Å². The summed E-state index contributed by atoms with van der Waals surface area (Å²) in [5.41, 5.74) is 5.72. The van der Waals surface area contributed by atoms with E-state index in [1.807, 2.05) is 0 Å². The highest BCUT2D eigenvalue weighted by Gasteiger charge is 2.23. The van der Waals surface area contributed by atoms with E-state index in [-0.39, 0.29) is 0 Å². The molecule has 3 nitrogen and oxygen atoms in total. The summed E-state index contributed by atoms with van der Waals surface area (Å²) in [6, 6.07) is 0. The first-order valence-electron chi connectivity index (χ1n) is 5.88. The van der Waals surface area contributed by atoms with Crippen LogP contribution in [-0.4, -0.2) is 44.3 Å². The average Bonchev–Trinajstić information content (AvgIpc) is 2.36. The third-order valence-corrected chi connectivity index (χ3v) is 3.50. The number of hydrogen-bond donors (Lipinski definition) is 1. The number of nitrogens with two attached hydrogens (primary N) is 1. The Labute approximate surface area is 86.6 Å². The largest absolute Gasteiger partial charge is 0.381 e. The highest BCUT2D eigenvalue weighted by atomic mass is 16.5. The maximum Gasteiger partial charge on any atom is 0.0528 e. The van der Waals surface area contributed by atoms with Gasteiger partial charge in [0.2, 0.25) is 0 Å². The molecule has 2 fully saturated rings. The van der Waals surface area contributed by atoms with E-state index in [2.05, 4.69) is 4.90 Å². The van der Waals surface area contributed by atoms with Gasteiger partial charge in [-0.05, 0) is 44.8 Å². The summed E-state index contributed by atoms with van der Waals surface area (Å²) in [5, 5.41) is 0. The van der Waals surface area contributed by atoms with Crippen molar-refractivity contribution in [1.82, 2.24) is 4.90 Å². The van der Waals surface area contributed by atoms with Crippen LogP contribution in [0, 0.1) is 11.8 Å². The summed E-state index contributed by atoms with van der Waals surface area (Å²) in [5.74, 6) is 1.59. The number of rotatable bonds is 3. The Bertz CT molecular complexity index is 171. The summed E-state index contributed by atoms with van der Waals surface area (Å²) in [7, 11) is 0. The van der Waals surface area contributed by atoms with Crippen molar-refractivity contribution in [2.75, 3.05) is 39.4 Å². The molecular formula is C11H22N2O. The van der Waals surface area contributed by atoms with Crippen LogP contribution in [0.5, 0.6) is 0 Å². The van der Waals surface area contributed by atoms with Crippen molar-refractivity contribution >= 4 is 0 Å². The van der Waals surface area contributed by atoms with Crippen molar-refractivity contribution in [3.63, 3.8) is 0 Å². The number of nitrogens with zero attached hydrogens (tertiary/aromatic N) is 1. The zero-order valence-electron chi connectivity index (χ0n) is 8.95. The van der Waals surface area contributed by atoms with Gasteiger partial charge in [0.1, 0.15) is 0 Å². The van der Waals surface area contributed by atoms with Gasteiger partial charge in [-0.25, -0.2) is 0 Å². The minimum Gasteiger partial charge on any atom is -0.381 e. The van der Waals surface area contributed by atoms with Crippen LogP contribution in [0.2, 0.25) is 0 Å². The molecule has 0 saturated carbocycles. The molecule has 1 atom stereocenters. The standard InChI is InChI=1S/C11H22N2O/c12-6-10-2-1-4-13(5-3-10)7-11-8-14-9-11/h10-11H,1-9,12H2. The van der Waals surface area contributed by atoms with Crippen molar-refractivity contribution in [3.05, 3.63) is 0 Å². The molecule has 0 radical (unpaired) electrons. The fourth-order valence-corrected chi connectivity index (χ4v) is 2.40. The average molecular weight is 198 g/mol. The van der Waals surface area contributed by atoms with E-state index in [0.29, 0.717) is 0 Å². The van der Waals surface area contributed by atoms with E-state index in [1.54, 1.807) is 0 Å². The number of likely N-dealkylation sites (tertiary alicyclic amines) is 1. The second-order valence-corrected chi connectivity index (χ2v) is 4.74. The molecule has 0 aromatic rings. The van der Waals surface area contributed by atoms with Gasteiger partial charge in [-0.15, -0.1) is 0 Å². The van der Waals surface area contributed by atoms with Crippen LogP contribution < -0.4 is 5.73 Å². The molecule has 1 unspecified atom stereocenters. The highest BCUT2D eigenvalue weighted by molar-refractivity contribution is 4.75. The molecule has 2 aliphatic heterocycles. The molecule has 0 bridgehead atoms. The topological polar surface area (TPSA) is 38.5 Å². The van der Waals surface area contributed by atoms with Crippen LogP contribution in [-0.2, 0) is 4.74 Å². The van der Waals surface area contributed by atoms with E-state index in [9.17, 15) is 0 Å². The SMILES string of the molecule is NCC1CCCN(CC2COC2)CC1. The molecule has 82 valence electrons. The fraction of sp³-hybridized carbons (Fsp3) is 1.00. The van der Waals surface area contributed by atoms with Gasteiger partial charge < -0.3 is 15.4 Å². The van der Waals surface area contributed by atoms with Crippen LogP contribution in [0.25, 0.3) is 0 Å². The summed E-state index contributed by atoms with van der Waals surface area (Å²) in [6.45, 7) is 6.61. The molecule has 3 heteroatoms. The smallest absolute Gasteiger partial charge is 0.0528 e. The third kappa shape index (κ3) is 2.69. The van der Waals surface area contributed by atoms with Crippen LogP contribution in [0.15, 0.2) is 0 Å². The highest BCUT2D eigenvalue weighted by Crippen LogP contribution is 2.19. The first-order valence-corrected chi connectivity index (χ1v) is 5.88. The second kappa shape index (κ2) is 5.10. The predicted octanol–water partition coefficient (Wildman–Crippen LogP) is 0.694. The quantitative estimate of drug-likeness (QED) is 0.725. The van der Waals surface area contributed by atoms with Crippen molar-refractivity contribution in [1.29, 1.82) is 0 Å². The first-order chi connectivity index (χ1) is 6.88. The normalized spacial score (nSPS) is 31.1. The van der Waals surface area contributed by atoms with Crippen molar-refractivity contribution in [2.45, 2.75) is 19.3 Å². The second-order valence-electron chi connectivity index (χ2n) is 4.74. The monoisotopic (exact) mass is 198 g/mol. The van der Waals surface area contributed by atoms with Gasteiger partial charge in [0.25, 0.3) is 0 Å². The maximum absolute atomic E-state index is 5.72. The Balaban J connectivity index is 1.71. The summed E-state index contributed by atoms with van der Waals surface area (Å²) in [4.78, 5) is 2.60. The molecule has 2 heterocycles. The lowest BCUT2D eigenvalue weighted by molar-refractivity contribution is -0.0461. The molecule has 14 heavy (non-hydrogen) atoms. The zero-order valence-corrected chi connectivity index (χ0v) is 8.95. The van der Waals surface area contributed by atoms with E-state index in [1.165, 1.54) is 38.9 Å². The molecule has 2 aliphatic rings. The summed E-state index contributed by atoms with van der Waals surface area (Å²) in [6.07, 6.45) is 3.95. The van der Waals surface area contributed by atoms with E-state index in [4.69, 9.17) is 10.5 Å². The lowest BCUT2D eigenvalue weighted by atomic mass is 10.0. The van der Waals surface area contributed by atoms with Crippen molar-refractivity contribution in [2.24, 2.45) is 17.6 Å². The van der Waals surface area contributed by atoms with Gasteiger partial charge in [0.05, 0.1) is 13.2 Å². The Morgan fingerprint density at radius 1 is 1.14 bits per heavy atom. The van der Waals surface area contributed by atoms with Gasteiger partial charge in [-0.1, -0.05) is 0 Å². The lowest BCUT2D eigenvalue weighted by Gasteiger charge is -2.31. The molecule has 2 N–H and O–H groups in total. The molecule has 0 aliphatic carbocycles. The Kier molecular flexibility index (Phi) is 3.79. The van der Waals surface area contributed by atoms with Crippen molar-refractivity contribution in [3.8, 4) is 0 Å². The minimum atomic E-state index is 0.776. The van der Waals surface area contributed by atoms with Crippen molar-refractivity contribution < 1.29 is 4.74 Å². The first kappa shape index (κ1) is 10.4. The van der Waals surface area contributed by atoms with Crippen LogP contribution in [0.1, 0.15) is 19.3 Å². The zero-order chi connectivity index (χ0) is 9.80. The third-order valence-electron chi connectivity index (χ3n) is 3.50. The predicted molar refractivity (Wildman–Crippen MR) is 57.1 cm³/mol. The van der Waals surface area contributed by atoms with Gasteiger partial charge >= 0.3 is 0 Å².